The first-order chi connectivity index (χ1) is 16.0. The number of nitrogens with one attached hydrogen (secondary N) is 2. The van der Waals surface area contributed by atoms with E-state index in [1.807, 2.05) is 72.9 Å². The van der Waals surface area contributed by atoms with Gasteiger partial charge in [-0.05, 0) is 104 Å². The van der Waals surface area contributed by atoms with Gasteiger partial charge in [-0.2, -0.15) is 11.8 Å². The van der Waals surface area contributed by atoms with E-state index in [0.717, 1.165) is 16.7 Å². The van der Waals surface area contributed by atoms with E-state index in [9.17, 15) is 14.4 Å². The molecular weight excluding hydrogens is 462 g/mol. The first kappa shape index (κ1) is 30.8. The number of rotatable bonds is 9. The molecule has 0 fully saturated rings. The van der Waals surface area contributed by atoms with Gasteiger partial charge in [-0.1, -0.05) is 18.2 Å². The lowest BCUT2D eigenvalue weighted by Crippen LogP contribution is -2.56. The summed E-state index contributed by atoms with van der Waals surface area (Å²) in [6, 6.07) is 3.88. The highest BCUT2D eigenvalue weighted by Crippen LogP contribution is 2.31. The summed E-state index contributed by atoms with van der Waals surface area (Å²) in [4.78, 5) is 42.0. The summed E-state index contributed by atoms with van der Waals surface area (Å²) in [5.74, 6) is 0.106. The molecule has 2 atom stereocenters. The molecule has 0 saturated heterocycles. The summed E-state index contributed by atoms with van der Waals surface area (Å²) in [5.41, 5.74) is 1.49. The Balaban J connectivity index is 3.57. The number of carbonyl (C=O) groups is 3. The molecule has 0 heterocycles. The van der Waals surface area contributed by atoms with Crippen LogP contribution in [0.3, 0.4) is 0 Å². The van der Waals surface area contributed by atoms with Crippen LogP contribution in [0.2, 0.25) is 0 Å². The van der Waals surface area contributed by atoms with Crippen LogP contribution in [0.4, 0.5) is 4.79 Å². The number of benzene rings is 1. The van der Waals surface area contributed by atoms with Crippen LogP contribution < -0.4 is 10.6 Å². The maximum atomic E-state index is 14.1. The predicted octanol–water partition coefficient (Wildman–Crippen LogP) is 5.14. The summed E-state index contributed by atoms with van der Waals surface area (Å²) in [6.07, 6.45) is 1.72. The Morgan fingerprint density at radius 3 is 2.00 bits per heavy atom. The standard InChI is InChI=1S/C27H45N3O4S/c1-17(2)30(24(32)20(15-16-35-11)28-25(33)34-27(8,9)10)22(23(31)29-26(5,6)7)21-18(3)13-12-14-19(21)4/h12-14,17,20,22H,15-16H2,1-11H3,(H,28,33)(H,29,31). The number of nitrogens with zero attached hydrogens (tertiary/aromatic N) is 1. The van der Waals surface area contributed by atoms with Crippen molar-refractivity contribution in [3.8, 4) is 0 Å². The van der Waals surface area contributed by atoms with Crippen molar-refractivity contribution < 1.29 is 19.1 Å². The van der Waals surface area contributed by atoms with E-state index in [1.165, 1.54) is 0 Å². The van der Waals surface area contributed by atoms with E-state index < -0.39 is 29.3 Å². The van der Waals surface area contributed by atoms with Crippen molar-refractivity contribution in [2.24, 2.45) is 0 Å². The molecule has 0 aliphatic carbocycles. The highest BCUT2D eigenvalue weighted by Gasteiger charge is 2.39. The Hall–Kier alpha value is -2.22. The molecule has 2 unspecified atom stereocenters. The largest absolute Gasteiger partial charge is 0.444 e. The zero-order chi connectivity index (χ0) is 27.1. The van der Waals surface area contributed by atoms with Crippen molar-refractivity contribution in [3.05, 3.63) is 34.9 Å². The molecule has 0 aromatic heterocycles. The number of ether oxygens (including phenoxy) is 1. The summed E-state index contributed by atoms with van der Waals surface area (Å²) in [6.45, 7) is 18.8. The number of hydrogen-bond donors (Lipinski definition) is 2. The number of hydrogen-bond acceptors (Lipinski definition) is 5. The molecule has 35 heavy (non-hydrogen) atoms. The van der Waals surface area contributed by atoms with E-state index in [0.29, 0.717) is 12.2 Å². The van der Waals surface area contributed by atoms with Gasteiger partial charge in [-0.3, -0.25) is 9.59 Å². The van der Waals surface area contributed by atoms with E-state index in [-0.39, 0.29) is 17.9 Å². The molecule has 8 heteroatoms. The van der Waals surface area contributed by atoms with Gasteiger partial charge < -0.3 is 20.3 Å². The first-order valence-electron chi connectivity index (χ1n) is 12.2. The van der Waals surface area contributed by atoms with Crippen LogP contribution in [0.1, 0.15) is 84.5 Å². The second kappa shape index (κ2) is 12.7. The molecule has 1 aromatic carbocycles. The Morgan fingerprint density at radius 2 is 1.57 bits per heavy atom. The van der Waals surface area contributed by atoms with Crippen LogP contribution in [0.25, 0.3) is 0 Å². The number of carbonyl (C=O) groups excluding carboxylic acids is 3. The molecule has 1 rings (SSSR count). The van der Waals surface area contributed by atoms with Gasteiger partial charge >= 0.3 is 6.09 Å². The van der Waals surface area contributed by atoms with Crippen LogP contribution in [0.15, 0.2) is 18.2 Å². The quantitative estimate of drug-likeness (QED) is 0.483. The Labute approximate surface area is 216 Å². The Bertz CT molecular complexity index is 867. The third-order valence-electron chi connectivity index (χ3n) is 5.25. The highest BCUT2D eigenvalue weighted by molar-refractivity contribution is 7.98. The molecule has 2 N–H and O–H groups in total. The van der Waals surface area contributed by atoms with E-state index >= 15 is 0 Å². The van der Waals surface area contributed by atoms with Gasteiger partial charge in [0.2, 0.25) is 11.8 Å². The molecule has 0 radical (unpaired) electrons. The molecule has 198 valence electrons. The number of aryl methyl sites for hydroxylation is 2. The number of alkyl carbamates (subject to hydrolysis) is 1. The van der Waals surface area contributed by atoms with Crippen LogP contribution in [-0.4, -0.2) is 58.0 Å². The molecular formula is C27H45N3O4S. The van der Waals surface area contributed by atoms with Crippen molar-refractivity contribution in [1.29, 1.82) is 0 Å². The van der Waals surface area contributed by atoms with E-state index in [4.69, 9.17) is 4.74 Å². The molecule has 0 aliphatic rings. The lowest BCUT2D eigenvalue weighted by atomic mass is 9.92. The van der Waals surface area contributed by atoms with Crippen LogP contribution in [0, 0.1) is 13.8 Å². The average molecular weight is 508 g/mol. The van der Waals surface area contributed by atoms with Crippen molar-refractivity contribution in [2.45, 2.75) is 105 Å². The van der Waals surface area contributed by atoms with Gasteiger partial charge in [0.1, 0.15) is 17.7 Å². The van der Waals surface area contributed by atoms with Gasteiger partial charge in [0.05, 0.1) is 0 Å². The predicted molar refractivity (Wildman–Crippen MR) is 145 cm³/mol. The molecule has 7 nitrogen and oxygen atoms in total. The lowest BCUT2D eigenvalue weighted by molar-refractivity contribution is -0.145. The topological polar surface area (TPSA) is 87.7 Å². The minimum absolute atomic E-state index is 0.252. The smallest absolute Gasteiger partial charge is 0.408 e. The van der Waals surface area contributed by atoms with Crippen molar-refractivity contribution in [1.82, 2.24) is 15.5 Å². The maximum absolute atomic E-state index is 14.1. The fraction of sp³-hybridized carbons (Fsp3) is 0.667. The molecule has 0 bridgehead atoms. The second-order valence-electron chi connectivity index (χ2n) is 11.3. The van der Waals surface area contributed by atoms with Crippen LogP contribution >= 0.6 is 11.8 Å². The average Bonchev–Trinajstić information content (AvgIpc) is 2.66. The molecule has 1 aromatic rings. The maximum Gasteiger partial charge on any atom is 0.408 e. The third kappa shape index (κ3) is 9.74. The van der Waals surface area contributed by atoms with Gasteiger partial charge in [-0.15, -0.1) is 0 Å². The summed E-state index contributed by atoms with van der Waals surface area (Å²) in [7, 11) is 0. The van der Waals surface area contributed by atoms with Crippen LogP contribution in [-0.2, 0) is 14.3 Å². The molecule has 0 saturated carbocycles. The van der Waals surface area contributed by atoms with E-state index in [1.54, 1.807) is 37.4 Å². The molecule has 0 aliphatic heterocycles. The minimum atomic E-state index is -0.847. The molecule has 3 amide bonds. The third-order valence-corrected chi connectivity index (χ3v) is 5.89. The summed E-state index contributed by atoms with van der Waals surface area (Å²) >= 11 is 1.59. The van der Waals surface area contributed by atoms with Gasteiger partial charge in [-0.25, -0.2) is 4.79 Å². The fourth-order valence-corrected chi connectivity index (χ4v) is 4.37. The normalized spacial score (nSPS) is 13.7. The number of amides is 3. The monoisotopic (exact) mass is 507 g/mol. The van der Waals surface area contributed by atoms with Gasteiger partial charge in [0.15, 0.2) is 0 Å². The Morgan fingerprint density at radius 1 is 1.03 bits per heavy atom. The van der Waals surface area contributed by atoms with Crippen molar-refractivity contribution >= 4 is 29.7 Å². The first-order valence-corrected chi connectivity index (χ1v) is 13.6. The minimum Gasteiger partial charge on any atom is -0.444 e. The number of thioether (sulfide) groups is 1. The summed E-state index contributed by atoms with van der Waals surface area (Å²) in [5, 5.41) is 5.84. The second-order valence-corrected chi connectivity index (χ2v) is 12.3. The van der Waals surface area contributed by atoms with Gasteiger partial charge in [0.25, 0.3) is 0 Å². The molecule has 0 spiro atoms. The highest BCUT2D eigenvalue weighted by atomic mass is 32.2. The zero-order valence-corrected chi connectivity index (χ0v) is 24.2. The van der Waals surface area contributed by atoms with Crippen molar-refractivity contribution in [3.63, 3.8) is 0 Å². The lowest BCUT2D eigenvalue weighted by Gasteiger charge is -2.39. The Kier molecular flexibility index (Phi) is 11.1. The zero-order valence-electron chi connectivity index (χ0n) is 23.4. The van der Waals surface area contributed by atoms with E-state index in [2.05, 4.69) is 10.6 Å². The summed E-state index contributed by atoms with van der Waals surface area (Å²) < 4.78 is 5.43. The SMILES string of the molecule is CSCCC(NC(=O)OC(C)(C)C)C(=O)N(C(C)C)C(C(=O)NC(C)(C)C)c1c(C)cccc1C. The van der Waals surface area contributed by atoms with Crippen LogP contribution in [0.5, 0.6) is 0 Å². The van der Waals surface area contributed by atoms with Crippen molar-refractivity contribution in [2.75, 3.05) is 12.0 Å². The van der Waals surface area contributed by atoms with Gasteiger partial charge in [0, 0.05) is 11.6 Å². The fourth-order valence-electron chi connectivity index (χ4n) is 3.90.